The van der Waals surface area contributed by atoms with Crippen LogP contribution in [0.25, 0.3) is 0 Å². The van der Waals surface area contributed by atoms with E-state index in [1.165, 1.54) is 19.1 Å². The maximum atomic E-state index is 13.6. The second kappa shape index (κ2) is 6.31. The summed E-state index contributed by atoms with van der Waals surface area (Å²) in [6.07, 6.45) is 0. The van der Waals surface area contributed by atoms with Crippen LogP contribution in [-0.2, 0) is 9.59 Å². The average molecular weight is 266 g/mol. The Morgan fingerprint density at radius 2 is 1.89 bits per heavy atom. The Morgan fingerprint density at radius 1 is 1.26 bits per heavy atom. The summed E-state index contributed by atoms with van der Waals surface area (Å²) in [6, 6.07) is 3.88. The molecule has 19 heavy (non-hydrogen) atoms. The first-order valence-electron chi connectivity index (χ1n) is 6.15. The number of nitrogens with one attached hydrogen (secondary N) is 2. The van der Waals surface area contributed by atoms with Crippen molar-refractivity contribution in [2.45, 2.75) is 33.7 Å². The van der Waals surface area contributed by atoms with E-state index in [0.717, 1.165) is 5.56 Å². The Hall–Kier alpha value is -1.91. The molecule has 2 amide bonds. The Balaban J connectivity index is 2.84. The van der Waals surface area contributed by atoms with Gasteiger partial charge in [0.1, 0.15) is 11.9 Å². The van der Waals surface area contributed by atoms with Gasteiger partial charge in [0.05, 0.1) is 5.69 Å². The summed E-state index contributed by atoms with van der Waals surface area (Å²) < 4.78 is 13.6. The van der Waals surface area contributed by atoms with Crippen LogP contribution in [-0.4, -0.2) is 17.9 Å². The molecule has 0 spiro atoms. The Bertz CT molecular complexity index is 486. The fraction of sp³-hybridized carbons (Fsp3) is 0.429. The zero-order valence-corrected chi connectivity index (χ0v) is 11.6. The van der Waals surface area contributed by atoms with E-state index in [4.69, 9.17) is 0 Å². The summed E-state index contributed by atoms with van der Waals surface area (Å²) in [7, 11) is 0. The van der Waals surface area contributed by atoms with Crippen LogP contribution in [0.4, 0.5) is 10.1 Å². The lowest BCUT2D eigenvalue weighted by Crippen LogP contribution is -2.46. The highest BCUT2D eigenvalue weighted by atomic mass is 19.1. The molecule has 1 aromatic carbocycles. The van der Waals surface area contributed by atoms with Crippen LogP contribution in [0.1, 0.15) is 26.3 Å². The molecule has 0 aliphatic carbocycles. The highest BCUT2D eigenvalue weighted by Crippen LogP contribution is 2.16. The third-order valence-corrected chi connectivity index (χ3v) is 2.69. The molecule has 0 heterocycles. The fourth-order valence-electron chi connectivity index (χ4n) is 1.69. The molecule has 104 valence electrons. The molecule has 5 heteroatoms. The molecule has 1 aromatic rings. The third-order valence-electron chi connectivity index (χ3n) is 2.69. The van der Waals surface area contributed by atoms with Gasteiger partial charge in [-0.3, -0.25) is 9.59 Å². The normalized spacial score (nSPS) is 12.1. The van der Waals surface area contributed by atoms with Crippen molar-refractivity contribution in [1.82, 2.24) is 5.32 Å². The summed E-state index contributed by atoms with van der Waals surface area (Å²) in [4.78, 5) is 23.1. The first kappa shape index (κ1) is 15.1. The first-order chi connectivity index (χ1) is 8.81. The van der Waals surface area contributed by atoms with E-state index >= 15 is 0 Å². The van der Waals surface area contributed by atoms with Crippen LogP contribution in [0.15, 0.2) is 18.2 Å². The topological polar surface area (TPSA) is 58.2 Å². The average Bonchev–Trinajstić information content (AvgIpc) is 2.29. The van der Waals surface area contributed by atoms with Gasteiger partial charge in [-0.05, 0) is 30.5 Å². The summed E-state index contributed by atoms with van der Waals surface area (Å²) in [6.45, 7) is 6.73. The molecule has 0 fully saturated rings. The summed E-state index contributed by atoms with van der Waals surface area (Å²) in [5.74, 6) is -1.29. The van der Waals surface area contributed by atoms with E-state index in [-0.39, 0.29) is 17.5 Å². The smallest absolute Gasteiger partial charge is 0.247 e. The van der Waals surface area contributed by atoms with E-state index in [1.807, 2.05) is 13.8 Å². The van der Waals surface area contributed by atoms with Gasteiger partial charge in [0, 0.05) is 6.92 Å². The van der Waals surface area contributed by atoms with Gasteiger partial charge in [0.15, 0.2) is 0 Å². The van der Waals surface area contributed by atoms with Gasteiger partial charge in [-0.15, -0.1) is 0 Å². The minimum Gasteiger partial charge on any atom is -0.344 e. The molecule has 0 bridgehead atoms. The standard InChI is InChI=1S/C14H19FN2O2/c1-8(2)13(16-10(4)18)14(19)17-12-6-5-9(3)7-11(12)15/h5-8,13H,1-4H3,(H,16,18)(H,17,19). The Kier molecular flexibility index (Phi) is 5.03. The van der Waals surface area contributed by atoms with Crippen molar-refractivity contribution in [3.8, 4) is 0 Å². The number of rotatable bonds is 4. The van der Waals surface area contributed by atoms with Gasteiger partial charge < -0.3 is 10.6 Å². The molecule has 0 saturated carbocycles. The molecule has 1 unspecified atom stereocenters. The first-order valence-corrected chi connectivity index (χ1v) is 6.15. The van der Waals surface area contributed by atoms with Crippen molar-refractivity contribution in [3.63, 3.8) is 0 Å². The van der Waals surface area contributed by atoms with Crippen molar-refractivity contribution in [2.24, 2.45) is 5.92 Å². The number of carbonyl (C=O) groups is 2. The van der Waals surface area contributed by atoms with Gasteiger partial charge in [-0.2, -0.15) is 0 Å². The lowest BCUT2D eigenvalue weighted by molar-refractivity contribution is -0.126. The number of anilines is 1. The molecule has 1 atom stereocenters. The van der Waals surface area contributed by atoms with Crippen LogP contribution in [0.2, 0.25) is 0 Å². The van der Waals surface area contributed by atoms with E-state index < -0.39 is 17.8 Å². The predicted octanol–water partition coefficient (Wildman–Crippen LogP) is 2.23. The van der Waals surface area contributed by atoms with Crippen molar-refractivity contribution in [2.75, 3.05) is 5.32 Å². The van der Waals surface area contributed by atoms with E-state index in [9.17, 15) is 14.0 Å². The quantitative estimate of drug-likeness (QED) is 0.878. The maximum Gasteiger partial charge on any atom is 0.247 e. The van der Waals surface area contributed by atoms with Gasteiger partial charge in [0.25, 0.3) is 0 Å². The molecular formula is C14H19FN2O2. The SMILES string of the molecule is CC(=O)NC(C(=O)Nc1ccc(C)cc1F)C(C)C. The summed E-state index contributed by atoms with van der Waals surface area (Å²) in [5.41, 5.74) is 0.893. The summed E-state index contributed by atoms with van der Waals surface area (Å²) >= 11 is 0. The third kappa shape index (κ3) is 4.35. The second-order valence-corrected chi connectivity index (χ2v) is 4.89. The molecule has 1 rings (SSSR count). The number of hydrogen-bond donors (Lipinski definition) is 2. The Labute approximate surface area is 112 Å². The highest BCUT2D eigenvalue weighted by Gasteiger charge is 2.23. The molecule has 0 aliphatic rings. The van der Waals surface area contributed by atoms with Crippen molar-refractivity contribution >= 4 is 17.5 Å². The minimum absolute atomic E-state index is 0.0857. The van der Waals surface area contributed by atoms with Crippen LogP contribution in [0.3, 0.4) is 0 Å². The highest BCUT2D eigenvalue weighted by molar-refractivity contribution is 5.97. The molecule has 2 N–H and O–H groups in total. The number of aryl methyl sites for hydroxylation is 1. The fourth-order valence-corrected chi connectivity index (χ4v) is 1.69. The van der Waals surface area contributed by atoms with Gasteiger partial charge >= 0.3 is 0 Å². The number of halogens is 1. The van der Waals surface area contributed by atoms with E-state index in [0.29, 0.717) is 0 Å². The monoisotopic (exact) mass is 266 g/mol. The van der Waals surface area contributed by atoms with E-state index in [1.54, 1.807) is 13.0 Å². The van der Waals surface area contributed by atoms with Gasteiger partial charge in [0.2, 0.25) is 11.8 Å². The molecule has 0 aliphatic heterocycles. The van der Waals surface area contributed by atoms with Crippen LogP contribution in [0, 0.1) is 18.7 Å². The minimum atomic E-state index is -0.682. The summed E-state index contributed by atoms with van der Waals surface area (Å²) in [5, 5.41) is 5.05. The number of benzene rings is 1. The molecule has 0 aromatic heterocycles. The van der Waals surface area contributed by atoms with Crippen LogP contribution < -0.4 is 10.6 Å². The zero-order chi connectivity index (χ0) is 14.6. The maximum absolute atomic E-state index is 13.6. The molecule has 4 nitrogen and oxygen atoms in total. The number of hydrogen-bond acceptors (Lipinski definition) is 2. The molecule has 0 saturated heterocycles. The van der Waals surface area contributed by atoms with Crippen LogP contribution in [0.5, 0.6) is 0 Å². The lowest BCUT2D eigenvalue weighted by Gasteiger charge is -2.21. The largest absolute Gasteiger partial charge is 0.344 e. The van der Waals surface area contributed by atoms with Gasteiger partial charge in [-0.25, -0.2) is 4.39 Å². The zero-order valence-electron chi connectivity index (χ0n) is 11.6. The van der Waals surface area contributed by atoms with Crippen LogP contribution >= 0.6 is 0 Å². The van der Waals surface area contributed by atoms with Gasteiger partial charge in [-0.1, -0.05) is 19.9 Å². The number of amides is 2. The molecule has 0 radical (unpaired) electrons. The second-order valence-electron chi connectivity index (χ2n) is 4.89. The van der Waals surface area contributed by atoms with Crippen molar-refractivity contribution in [1.29, 1.82) is 0 Å². The number of carbonyl (C=O) groups excluding carboxylic acids is 2. The Morgan fingerprint density at radius 3 is 2.37 bits per heavy atom. The predicted molar refractivity (Wildman–Crippen MR) is 72.2 cm³/mol. The van der Waals surface area contributed by atoms with Crippen molar-refractivity contribution in [3.05, 3.63) is 29.6 Å². The van der Waals surface area contributed by atoms with Crippen molar-refractivity contribution < 1.29 is 14.0 Å². The van der Waals surface area contributed by atoms with E-state index in [2.05, 4.69) is 10.6 Å². The molecular weight excluding hydrogens is 247 g/mol. The lowest BCUT2D eigenvalue weighted by atomic mass is 10.0.